The normalized spacial score (nSPS) is 19.4. The Balaban J connectivity index is 1.55. The van der Waals surface area contributed by atoms with Crippen LogP contribution in [-0.4, -0.2) is 64.7 Å². The van der Waals surface area contributed by atoms with Crippen molar-refractivity contribution in [2.24, 2.45) is 5.92 Å². The topological polar surface area (TPSA) is 158 Å². The molecule has 5 rings (SSSR count). The van der Waals surface area contributed by atoms with Crippen molar-refractivity contribution >= 4 is 17.7 Å². The average molecular weight is 630 g/mol. The quantitative estimate of drug-likeness (QED) is 0.198. The van der Waals surface area contributed by atoms with E-state index in [4.69, 9.17) is 18.9 Å². The average Bonchev–Trinajstić information content (AvgIpc) is 3.35. The number of benzene rings is 3. The van der Waals surface area contributed by atoms with Crippen molar-refractivity contribution < 1.29 is 38.7 Å². The number of carbonyl (C=O) groups is 2. The van der Waals surface area contributed by atoms with Gasteiger partial charge in [-0.25, -0.2) is 4.79 Å². The number of carboxylic acids is 1. The number of hydrogen-bond acceptors (Lipinski definition) is 9. The Labute approximate surface area is 265 Å². The molecular weight excluding hydrogens is 594 g/mol. The van der Waals surface area contributed by atoms with E-state index in [2.05, 4.69) is 10.3 Å². The second kappa shape index (κ2) is 13.9. The number of aliphatic carboxylic acids is 1. The minimum atomic E-state index is -1.32. The fraction of sp³-hybridized carbons (Fsp3) is 0.294. The van der Waals surface area contributed by atoms with Crippen molar-refractivity contribution in [2.45, 2.75) is 37.4 Å². The van der Waals surface area contributed by atoms with Gasteiger partial charge in [-0.05, 0) is 47.0 Å². The van der Waals surface area contributed by atoms with Crippen LogP contribution < -0.4 is 20.5 Å². The lowest BCUT2D eigenvalue weighted by molar-refractivity contribution is -0.139. The van der Waals surface area contributed by atoms with E-state index < -0.39 is 53.9 Å². The summed E-state index contributed by atoms with van der Waals surface area (Å²) in [6.07, 6.45) is -2.65. The summed E-state index contributed by atoms with van der Waals surface area (Å²) in [4.78, 5) is 40.1. The maximum absolute atomic E-state index is 13.0. The highest BCUT2D eigenvalue weighted by atomic mass is 16.6. The molecule has 240 valence electrons. The van der Waals surface area contributed by atoms with Crippen LogP contribution in [0.2, 0.25) is 0 Å². The molecule has 2 heterocycles. The van der Waals surface area contributed by atoms with Gasteiger partial charge in [-0.2, -0.15) is 4.98 Å². The number of carbonyl (C=O) groups excluding carboxylic acids is 1. The number of anilines is 1. The van der Waals surface area contributed by atoms with Gasteiger partial charge in [0.2, 0.25) is 5.91 Å². The van der Waals surface area contributed by atoms with E-state index in [-0.39, 0.29) is 12.4 Å². The van der Waals surface area contributed by atoms with Crippen molar-refractivity contribution in [3.8, 4) is 11.5 Å². The molecule has 12 heteroatoms. The SMILES string of the molecule is COc1ccc(C(OC[C@H]2O[C@@H](n3ccc(NC(C)=O)nc3=O)[C@H](CC(=O)O)C2O)(c2ccccc2)c2ccc(OC)cc2)cc1. The summed E-state index contributed by atoms with van der Waals surface area (Å²) in [7, 11) is 3.16. The fourth-order valence-corrected chi connectivity index (χ4v) is 5.78. The first-order valence-corrected chi connectivity index (χ1v) is 14.6. The molecule has 12 nitrogen and oxygen atoms in total. The zero-order valence-corrected chi connectivity index (χ0v) is 25.5. The number of hydrogen-bond donors (Lipinski definition) is 3. The third-order valence-corrected chi connectivity index (χ3v) is 7.96. The van der Waals surface area contributed by atoms with Crippen molar-refractivity contribution in [2.75, 3.05) is 26.1 Å². The van der Waals surface area contributed by atoms with E-state index in [0.717, 1.165) is 21.3 Å². The summed E-state index contributed by atoms with van der Waals surface area (Å²) in [6, 6.07) is 25.8. The molecule has 0 spiro atoms. The number of nitrogens with one attached hydrogen (secondary N) is 1. The predicted octanol–water partition coefficient (Wildman–Crippen LogP) is 3.58. The summed E-state index contributed by atoms with van der Waals surface area (Å²) in [5.74, 6) is -1.26. The zero-order chi connectivity index (χ0) is 32.8. The summed E-state index contributed by atoms with van der Waals surface area (Å²) in [5.41, 5.74) is 0.289. The molecular formula is C34H35N3O9. The van der Waals surface area contributed by atoms with Crippen LogP contribution in [0.15, 0.2) is 95.9 Å². The highest BCUT2D eigenvalue weighted by Gasteiger charge is 2.48. The minimum Gasteiger partial charge on any atom is -0.497 e. The number of rotatable bonds is 12. The zero-order valence-electron chi connectivity index (χ0n) is 25.5. The summed E-state index contributed by atoms with van der Waals surface area (Å²) < 4.78 is 25.0. The van der Waals surface area contributed by atoms with Gasteiger partial charge < -0.3 is 34.5 Å². The molecule has 3 N–H and O–H groups in total. The Morgan fingerprint density at radius 3 is 1.98 bits per heavy atom. The molecule has 1 fully saturated rings. The maximum Gasteiger partial charge on any atom is 0.351 e. The third kappa shape index (κ3) is 6.64. The molecule has 0 radical (unpaired) electrons. The smallest absolute Gasteiger partial charge is 0.351 e. The number of aliphatic hydroxyl groups excluding tert-OH is 1. The number of ether oxygens (including phenoxy) is 4. The van der Waals surface area contributed by atoms with E-state index in [1.807, 2.05) is 78.9 Å². The molecule has 3 aromatic carbocycles. The molecule has 46 heavy (non-hydrogen) atoms. The van der Waals surface area contributed by atoms with Gasteiger partial charge in [-0.1, -0.05) is 54.6 Å². The third-order valence-electron chi connectivity index (χ3n) is 7.96. The number of carboxylic acid groups (broad SMARTS) is 1. The van der Waals surface area contributed by atoms with Gasteiger partial charge >= 0.3 is 11.7 Å². The largest absolute Gasteiger partial charge is 0.497 e. The van der Waals surface area contributed by atoms with E-state index in [0.29, 0.717) is 11.5 Å². The Morgan fingerprint density at radius 2 is 1.48 bits per heavy atom. The van der Waals surface area contributed by atoms with Crippen LogP contribution >= 0.6 is 0 Å². The number of amides is 1. The molecule has 0 bridgehead atoms. The lowest BCUT2D eigenvalue weighted by Crippen LogP contribution is -2.39. The predicted molar refractivity (Wildman–Crippen MR) is 167 cm³/mol. The highest BCUT2D eigenvalue weighted by Crippen LogP contribution is 2.43. The Kier molecular flexibility index (Phi) is 9.81. The van der Waals surface area contributed by atoms with E-state index in [1.165, 1.54) is 19.2 Å². The van der Waals surface area contributed by atoms with Gasteiger partial charge in [0, 0.05) is 19.0 Å². The molecule has 4 aromatic rings. The van der Waals surface area contributed by atoms with Gasteiger partial charge in [0.15, 0.2) is 0 Å². The Hall–Kier alpha value is -5.04. The first-order valence-electron chi connectivity index (χ1n) is 14.6. The van der Waals surface area contributed by atoms with E-state index in [9.17, 15) is 24.6 Å². The van der Waals surface area contributed by atoms with Crippen molar-refractivity contribution in [3.63, 3.8) is 0 Å². The maximum atomic E-state index is 13.0. The number of methoxy groups -OCH3 is 2. The molecule has 4 atom stereocenters. The van der Waals surface area contributed by atoms with Crippen LogP contribution in [-0.2, 0) is 24.7 Å². The Morgan fingerprint density at radius 1 is 0.913 bits per heavy atom. The second-order valence-corrected chi connectivity index (χ2v) is 10.8. The molecule has 1 amide bonds. The lowest BCUT2D eigenvalue weighted by atomic mass is 9.80. The van der Waals surface area contributed by atoms with Crippen LogP contribution in [0.4, 0.5) is 5.82 Å². The fourth-order valence-electron chi connectivity index (χ4n) is 5.78. The Bertz CT molecular complexity index is 1660. The van der Waals surface area contributed by atoms with Crippen LogP contribution in [0.5, 0.6) is 11.5 Å². The molecule has 0 saturated carbocycles. The molecule has 1 saturated heterocycles. The van der Waals surface area contributed by atoms with Gasteiger partial charge in [-0.3, -0.25) is 14.2 Å². The number of nitrogens with zero attached hydrogens (tertiary/aromatic N) is 2. The van der Waals surface area contributed by atoms with Gasteiger partial charge in [0.1, 0.15) is 35.2 Å². The summed E-state index contributed by atoms with van der Waals surface area (Å²) >= 11 is 0. The molecule has 1 aromatic heterocycles. The van der Waals surface area contributed by atoms with Crippen LogP contribution in [0.1, 0.15) is 36.3 Å². The molecule has 1 unspecified atom stereocenters. The van der Waals surface area contributed by atoms with Crippen LogP contribution in [0.25, 0.3) is 0 Å². The highest BCUT2D eigenvalue weighted by molar-refractivity contribution is 5.87. The van der Waals surface area contributed by atoms with Gasteiger partial charge in [0.25, 0.3) is 0 Å². The van der Waals surface area contributed by atoms with Crippen LogP contribution in [0, 0.1) is 5.92 Å². The first kappa shape index (κ1) is 32.4. The second-order valence-electron chi connectivity index (χ2n) is 10.8. The van der Waals surface area contributed by atoms with Crippen LogP contribution in [0.3, 0.4) is 0 Å². The minimum absolute atomic E-state index is 0.0357. The number of aliphatic hydroxyl groups is 1. The molecule has 1 aliphatic rings. The van der Waals surface area contributed by atoms with Gasteiger partial charge in [0.05, 0.1) is 33.4 Å². The molecule has 0 aliphatic carbocycles. The summed E-state index contributed by atoms with van der Waals surface area (Å²) in [6.45, 7) is 1.09. The number of aromatic nitrogens is 2. The van der Waals surface area contributed by atoms with Gasteiger partial charge in [-0.15, -0.1) is 0 Å². The summed E-state index contributed by atoms with van der Waals surface area (Å²) in [5, 5.41) is 23.6. The van der Waals surface area contributed by atoms with E-state index >= 15 is 0 Å². The standard InChI is InChI=1S/C34H35N3O9/c1-21(38)35-29-17-18-37(33(42)36-29)32-27(19-30(39)40)31(41)28(46-32)20-45-34(22-7-5-4-6-8-22,23-9-13-25(43-2)14-10-23)24-11-15-26(44-3)16-12-24/h4-18,27-28,31-32,41H,19-20H2,1-3H3,(H,39,40)(H,35,36,38,42)/t27-,28-,31?,32-/m1/s1. The molecule has 1 aliphatic heterocycles. The van der Waals surface area contributed by atoms with E-state index in [1.54, 1.807) is 14.2 Å². The van der Waals surface area contributed by atoms with Crippen molar-refractivity contribution in [1.82, 2.24) is 9.55 Å². The lowest BCUT2D eigenvalue weighted by Gasteiger charge is -2.37. The first-order chi connectivity index (χ1) is 22.2. The monoisotopic (exact) mass is 629 g/mol. The van der Waals surface area contributed by atoms with Crippen molar-refractivity contribution in [1.29, 1.82) is 0 Å². The van der Waals surface area contributed by atoms with Crippen molar-refractivity contribution in [3.05, 3.63) is 118 Å².